The molecule has 3 rings (SSSR count). The van der Waals surface area contributed by atoms with E-state index in [-0.39, 0.29) is 11.5 Å². The Morgan fingerprint density at radius 3 is 2.88 bits per heavy atom. The van der Waals surface area contributed by atoms with Gasteiger partial charge in [-0.3, -0.25) is 4.79 Å². The van der Waals surface area contributed by atoms with Gasteiger partial charge in [0, 0.05) is 42.1 Å². The summed E-state index contributed by atoms with van der Waals surface area (Å²) in [4.78, 5) is 15.5. The van der Waals surface area contributed by atoms with Gasteiger partial charge < -0.3 is 14.9 Å². The van der Waals surface area contributed by atoms with Crippen LogP contribution in [-0.2, 0) is 11.2 Å². The van der Waals surface area contributed by atoms with Gasteiger partial charge in [0.1, 0.15) is 11.6 Å². The standard InChI is InChI=1S/C21H22N4O/c1-15(2)25-10-8-16(14-25)11-18(12-22)21(26)23-9-7-17-13-24-20-6-4-3-5-19(17)20/h3-6,8,10-11,13-15,24H,7,9H2,1-2H3,(H,23,26)/b18-11+. The van der Waals surface area contributed by atoms with Crippen LogP contribution in [0.1, 0.15) is 31.0 Å². The van der Waals surface area contributed by atoms with E-state index in [0.717, 1.165) is 22.0 Å². The molecule has 0 unspecified atom stereocenters. The third kappa shape index (κ3) is 3.86. The van der Waals surface area contributed by atoms with Gasteiger partial charge in [-0.05, 0) is 49.6 Å². The number of nitrogens with one attached hydrogen (secondary N) is 2. The molecular weight excluding hydrogens is 324 g/mol. The molecular formula is C21H22N4O. The lowest BCUT2D eigenvalue weighted by molar-refractivity contribution is -0.117. The number of hydrogen-bond acceptors (Lipinski definition) is 2. The van der Waals surface area contributed by atoms with Crippen molar-refractivity contribution in [2.45, 2.75) is 26.3 Å². The molecule has 0 aliphatic rings. The highest BCUT2D eigenvalue weighted by atomic mass is 16.1. The Bertz CT molecular complexity index is 985. The molecule has 2 N–H and O–H groups in total. The SMILES string of the molecule is CC(C)n1ccc(/C=C(\C#N)C(=O)NCCc2c[nH]c3ccccc23)c1. The first-order valence-corrected chi connectivity index (χ1v) is 8.71. The molecule has 0 saturated heterocycles. The Morgan fingerprint density at radius 2 is 2.15 bits per heavy atom. The van der Waals surface area contributed by atoms with Crippen molar-refractivity contribution in [3.8, 4) is 6.07 Å². The highest BCUT2D eigenvalue weighted by Crippen LogP contribution is 2.17. The van der Waals surface area contributed by atoms with Crippen LogP contribution in [0.3, 0.4) is 0 Å². The number of aromatic amines is 1. The second-order valence-electron chi connectivity index (χ2n) is 6.52. The van der Waals surface area contributed by atoms with Crippen molar-refractivity contribution in [3.05, 3.63) is 65.6 Å². The Hall–Kier alpha value is -3.26. The molecule has 0 saturated carbocycles. The minimum Gasteiger partial charge on any atom is -0.361 e. The summed E-state index contributed by atoms with van der Waals surface area (Å²) in [6.45, 7) is 4.64. The number of H-pyrrole nitrogens is 1. The summed E-state index contributed by atoms with van der Waals surface area (Å²) in [5.74, 6) is -0.343. The summed E-state index contributed by atoms with van der Waals surface area (Å²) in [5, 5.41) is 13.3. The molecule has 0 bridgehead atoms. The summed E-state index contributed by atoms with van der Waals surface area (Å²) in [5.41, 5.74) is 3.20. The minimum atomic E-state index is -0.343. The summed E-state index contributed by atoms with van der Waals surface area (Å²) >= 11 is 0. The van der Waals surface area contributed by atoms with Gasteiger partial charge in [0.05, 0.1) is 0 Å². The van der Waals surface area contributed by atoms with E-state index in [4.69, 9.17) is 0 Å². The lowest BCUT2D eigenvalue weighted by Gasteiger charge is -2.05. The average Bonchev–Trinajstić information content (AvgIpc) is 3.27. The van der Waals surface area contributed by atoms with E-state index in [9.17, 15) is 10.1 Å². The molecule has 2 heterocycles. The summed E-state index contributed by atoms with van der Waals surface area (Å²) in [7, 11) is 0. The van der Waals surface area contributed by atoms with Crippen LogP contribution in [0.15, 0.2) is 54.5 Å². The topological polar surface area (TPSA) is 73.6 Å². The van der Waals surface area contributed by atoms with Crippen molar-refractivity contribution < 1.29 is 4.79 Å². The third-order valence-corrected chi connectivity index (χ3v) is 4.36. The van der Waals surface area contributed by atoms with E-state index in [1.807, 2.05) is 53.5 Å². The molecule has 1 amide bonds. The maximum atomic E-state index is 12.3. The zero-order valence-electron chi connectivity index (χ0n) is 15.0. The molecule has 0 fully saturated rings. The summed E-state index contributed by atoms with van der Waals surface area (Å²) < 4.78 is 2.04. The molecule has 0 aliphatic heterocycles. The van der Waals surface area contributed by atoms with Crippen LogP contribution in [0.5, 0.6) is 0 Å². The van der Waals surface area contributed by atoms with Gasteiger partial charge in [-0.2, -0.15) is 5.26 Å². The molecule has 5 nitrogen and oxygen atoms in total. The number of fused-ring (bicyclic) bond motifs is 1. The highest BCUT2D eigenvalue weighted by Gasteiger charge is 2.10. The number of aromatic nitrogens is 2. The average molecular weight is 346 g/mol. The van der Waals surface area contributed by atoms with Crippen LogP contribution >= 0.6 is 0 Å². The summed E-state index contributed by atoms with van der Waals surface area (Å²) in [6, 6.07) is 12.3. The van der Waals surface area contributed by atoms with Crippen molar-refractivity contribution >= 4 is 22.9 Å². The molecule has 0 spiro atoms. The van der Waals surface area contributed by atoms with Crippen molar-refractivity contribution in [1.82, 2.24) is 14.9 Å². The van der Waals surface area contributed by atoms with E-state index < -0.39 is 0 Å². The van der Waals surface area contributed by atoms with E-state index in [1.165, 1.54) is 0 Å². The molecule has 0 atom stereocenters. The number of nitrogens with zero attached hydrogens (tertiary/aromatic N) is 2. The lowest BCUT2D eigenvalue weighted by atomic mass is 10.1. The van der Waals surface area contributed by atoms with Crippen molar-refractivity contribution in [3.63, 3.8) is 0 Å². The molecule has 2 aromatic heterocycles. The van der Waals surface area contributed by atoms with Crippen LogP contribution in [0.4, 0.5) is 0 Å². The molecule has 0 radical (unpaired) electrons. The molecule has 5 heteroatoms. The highest BCUT2D eigenvalue weighted by molar-refractivity contribution is 6.01. The van der Waals surface area contributed by atoms with Gasteiger partial charge in [0.15, 0.2) is 0 Å². The Balaban J connectivity index is 1.62. The molecule has 3 aromatic rings. The Morgan fingerprint density at radius 1 is 1.35 bits per heavy atom. The monoisotopic (exact) mass is 346 g/mol. The van der Waals surface area contributed by atoms with E-state index in [1.54, 1.807) is 6.08 Å². The lowest BCUT2D eigenvalue weighted by Crippen LogP contribution is -2.26. The van der Waals surface area contributed by atoms with Gasteiger partial charge in [0.25, 0.3) is 5.91 Å². The molecule has 26 heavy (non-hydrogen) atoms. The smallest absolute Gasteiger partial charge is 0.261 e. The number of carbonyl (C=O) groups excluding carboxylic acids is 1. The van der Waals surface area contributed by atoms with Gasteiger partial charge in [-0.25, -0.2) is 0 Å². The second kappa shape index (κ2) is 7.75. The number of hydrogen-bond donors (Lipinski definition) is 2. The van der Waals surface area contributed by atoms with Gasteiger partial charge >= 0.3 is 0 Å². The van der Waals surface area contributed by atoms with Gasteiger partial charge in [0.2, 0.25) is 0 Å². The predicted molar refractivity (Wildman–Crippen MR) is 103 cm³/mol. The summed E-state index contributed by atoms with van der Waals surface area (Å²) in [6.07, 6.45) is 8.17. The molecule has 132 valence electrons. The number of para-hydroxylation sites is 1. The fourth-order valence-corrected chi connectivity index (χ4v) is 2.90. The fraction of sp³-hybridized carbons (Fsp3) is 0.238. The Labute approximate surface area is 152 Å². The van der Waals surface area contributed by atoms with Crippen molar-refractivity contribution in [2.75, 3.05) is 6.54 Å². The van der Waals surface area contributed by atoms with Gasteiger partial charge in [-0.1, -0.05) is 18.2 Å². The first-order chi connectivity index (χ1) is 12.6. The number of benzene rings is 1. The van der Waals surface area contributed by atoms with Gasteiger partial charge in [-0.15, -0.1) is 0 Å². The first kappa shape index (κ1) is 17.6. The van der Waals surface area contributed by atoms with Crippen LogP contribution < -0.4 is 5.32 Å². The quantitative estimate of drug-likeness (QED) is 0.526. The van der Waals surface area contributed by atoms with E-state index in [2.05, 4.69) is 30.2 Å². The van der Waals surface area contributed by atoms with Crippen molar-refractivity contribution in [2.24, 2.45) is 0 Å². The predicted octanol–water partition coefficient (Wildman–Crippen LogP) is 3.82. The number of amides is 1. The van der Waals surface area contributed by atoms with Crippen LogP contribution in [-0.4, -0.2) is 22.0 Å². The second-order valence-corrected chi connectivity index (χ2v) is 6.52. The zero-order chi connectivity index (χ0) is 18.5. The minimum absolute atomic E-state index is 0.116. The fourth-order valence-electron chi connectivity index (χ4n) is 2.90. The van der Waals surface area contributed by atoms with E-state index >= 15 is 0 Å². The molecule has 1 aromatic carbocycles. The zero-order valence-corrected chi connectivity index (χ0v) is 15.0. The van der Waals surface area contributed by atoms with Crippen LogP contribution in [0, 0.1) is 11.3 Å². The van der Waals surface area contributed by atoms with E-state index in [0.29, 0.717) is 19.0 Å². The Kier molecular flexibility index (Phi) is 5.23. The maximum absolute atomic E-state index is 12.3. The normalized spacial score (nSPS) is 11.7. The first-order valence-electron chi connectivity index (χ1n) is 8.71. The number of carbonyl (C=O) groups is 1. The maximum Gasteiger partial charge on any atom is 0.261 e. The number of nitriles is 1. The third-order valence-electron chi connectivity index (χ3n) is 4.36. The van der Waals surface area contributed by atoms with Crippen LogP contribution in [0.25, 0.3) is 17.0 Å². The van der Waals surface area contributed by atoms with Crippen LogP contribution in [0.2, 0.25) is 0 Å². The molecule has 0 aliphatic carbocycles. The van der Waals surface area contributed by atoms with Crippen molar-refractivity contribution in [1.29, 1.82) is 5.26 Å². The largest absolute Gasteiger partial charge is 0.361 e. The number of rotatable bonds is 6.